The van der Waals surface area contributed by atoms with Crippen molar-refractivity contribution in [3.63, 3.8) is 0 Å². The van der Waals surface area contributed by atoms with Crippen molar-refractivity contribution in [2.75, 3.05) is 26.1 Å². The molecule has 25 heavy (non-hydrogen) atoms. The predicted molar refractivity (Wildman–Crippen MR) is 99.5 cm³/mol. The van der Waals surface area contributed by atoms with Crippen LogP contribution < -0.4 is 10.2 Å². The van der Waals surface area contributed by atoms with Gasteiger partial charge in [-0.1, -0.05) is 28.1 Å². The Morgan fingerprint density at radius 3 is 2.40 bits per heavy atom. The van der Waals surface area contributed by atoms with Crippen LogP contribution in [0.1, 0.15) is 28.4 Å². The van der Waals surface area contributed by atoms with Crippen LogP contribution in [0.3, 0.4) is 0 Å². The van der Waals surface area contributed by atoms with Gasteiger partial charge in [0.1, 0.15) is 5.82 Å². The second-order valence-electron chi connectivity index (χ2n) is 5.66. The molecular weight excluding hydrogens is 386 g/mol. The van der Waals surface area contributed by atoms with Crippen molar-refractivity contribution in [1.29, 1.82) is 0 Å². The summed E-state index contributed by atoms with van der Waals surface area (Å²) in [6.45, 7) is 0. The van der Waals surface area contributed by atoms with Crippen molar-refractivity contribution in [2.24, 2.45) is 0 Å². The van der Waals surface area contributed by atoms with Gasteiger partial charge in [0.05, 0.1) is 25.1 Å². The van der Waals surface area contributed by atoms with Crippen molar-refractivity contribution in [2.45, 2.75) is 12.5 Å². The average Bonchev–Trinajstić information content (AvgIpc) is 2.61. The Morgan fingerprint density at radius 2 is 1.88 bits per heavy atom. The van der Waals surface area contributed by atoms with E-state index in [1.54, 1.807) is 12.1 Å². The van der Waals surface area contributed by atoms with E-state index in [9.17, 15) is 9.59 Å². The molecule has 1 heterocycles. The number of hydrogen-bond donors (Lipinski definition) is 1. The molecule has 7 heteroatoms. The van der Waals surface area contributed by atoms with Gasteiger partial charge < -0.3 is 15.0 Å². The minimum atomic E-state index is -0.485. The first-order valence-electron chi connectivity index (χ1n) is 7.67. The topological polar surface area (TPSA) is 71.5 Å². The maximum atomic E-state index is 12.5. The Kier molecular flexibility index (Phi) is 6.52. The second kappa shape index (κ2) is 8.62. The van der Waals surface area contributed by atoms with E-state index < -0.39 is 12.0 Å². The Bertz CT molecular complexity index is 730. The van der Waals surface area contributed by atoms with Gasteiger partial charge in [0.25, 0.3) is 5.91 Å². The standard InChI is InChI=1S/C18H20BrN3O3/c1-22(2)16-9-6-13(11-20-16)18(24)21-15(10-17(23)25-3)12-4-7-14(19)8-5-12/h4-9,11,15H,10H2,1-3H3,(H,21,24). The molecule has 1 aromatic heterocycles. The van der Waals surface area contributed by atoms with Crippen LogP contribution in [0, 0.1) is 0 Å². The summed E-state index contributed by atoms with van der Waals surface area (Å²) in [5, 5.41) is 2.87. The van der Waals surface area contributed by atoms with Crippen LogP contribution >= 0.6 is 15.9 Å². The Balaban J connectivity index is 2.18. The zero-order valence-corrected chi connectivity index (χ0v) is 15.9. The van der Waals surface area contributed by atoms with Gasteiger partial charge in [-0.15, -0.1) is 0 Å². The molecular formula is C18H20BrN3O3. The zero-order valence-electron chi connectivity index (χ0n) is 14.3. The number of carbonyl (C=O) groups is 2. The third kappa shape index (κ3) is 5.29. The van der Waals surface area contributed by atoms with E-state index in [2.05, 4.69) is 26.2 Å². The smallest absolute Gasteiger partial charge is 0.307 e. The third-order valence-corrected chi connectivity index (χ3v) is 4.17. The van der Waals surface area contributed by atoms with Gasteiger partial charge in [0.15, 0.2) is 0 Å². The van der Waals surface area contributed by atoms with Gasteiger partial charge in [0, 0.05) is 24.8 Å². The first-order chi connectivity index (χ1) is 11.9. The molecule has 0 aliphatic carbocycles. The van der Waals surface area contributed by atoms with E-state index >= 15 is 0 Å². The molecule has 132 valence electrons. The molecule has 2 aromatic rings. The summed E-state index contributed by atoms with van der Waals surface area (Å²) < 4.78 is 5.66. The van der Waals surface area contributed by atoms with Gasteiger partial charge in [0.2, 0.25) is 0 Å². The lowest BCUT2D eigenvalue weighted by Gasteiger charge is -2.19. The highest BCUT2D eigenvalue weighted by Crippen LogP contribution is 2.21. The summed E-state index contributed by atoms with van der Waals surface area (Å²) in [4.78, 5) is 30.3. The molecule has 6 nitrogen and oxygen atoms in total. The second-order valence-corrected chi connectivity index (χ2v) is 6.57. The van der Waals surface area contributed by atoms with Crippen LogP contribution in [-0.4, -0.2) is 38.1 Å². The molecule has 1 N–H and O–H groups in total. The monoisotopic (exact) mass is 405 g/mol. The minimum absolute atomic E-state index is 0.0487. The first kappa shape index (κ1) is 18.9. The molecule has 0 aliphatic heterocycles. The molecule has 1 unspecified atom stereocenters. The van der Waals surface area contributed by atoms with Crippen LogP contribution in [0.15, 0.2) is 47.1 Å². The summed E-state index contributed by atoms with van der Waals surface area (Å²) in [6, 6.07) is 10.4. The Hall–Kier alpha value is -2.41. The highest BCUT2D eigenvalue weighted by molar-refractivity contribution is 9.10. The van der Waals surface area contributed by atoms with E-state index in [0.717, 1.165) is 15.9 Å². The molecule has 1 atom stereocenters. The van der Waals surface area contributed by atoms with Crippen LogP contribution in [0.4, 0.5) is 5.82 Å². The number of hydrogen-bond acceptors (Lipinski definition) is 5. The van der Waals surface area contributed by atoms with Crippen molar-refractivity contribution in [3.8, 4) is 0 Å². The predicted octanol–water partition coefficient (Wildman–Crippen LogP) is 2.94. The number of anilines is 1. The lowest BCUT2D eigenvalue weighted by Crippen LogP contribution is -2.30. The molecule has 0 saturated heterocycles. The van der Waals surface area contributed by atoms with Crippen LogP contribution in [0.5, 0.6) is 0 Å². The van der Waals surface area contributed by atoms with E-state index in [4.69, 9.17) is 4.74 Å². The average molecular weight is 406 g/mol. The maximum absolute atomic E-state index is 12.5. The van der Waals surface area contributed by atoms with E-state index in [1.165, 1.54) is 13.3 Å². The number of nitrogens with zero attached hydrogens (tertiary/aromatic N) is 2. The van der Waals surface area contributed by atoms with Crippen molar-refractivity contribution in [3.05, 3.63) is 58.2 Å². The van der Waals surface area contributed by atoms with Crippen molar-refractivity contribution in [1.82, 2.24) is 10.3 Å². The summed E-state index contributed by atoms with van der Waals surface area (Å²) in [6.07, 6.45) is 1.56. The van der Waals surface area contributed by atoms with Crippen LogP contribution in [0.25, 0.3) is 0 Å². The van der Waals surface area contributed by atoms with Gasteiger partial charge in [-0.3, -0.25) is 9.59 Å². The van der Waals surface area contributed by atoms with Crippen LogP contribution in [-0.2, 0) is 9.53 Å². The summed E-state index contributed by atoms with van der Waals surface area (Å²) in [5.74, 6) is 0.0690. The fourth-order valence-corrected chi connectivity index (χ4v) is 2.49. The van der Waals surface area contributed by atoms with Gasteiger partial charge in [-0.25, -0.2) is 4.98 Å². The van der Waals surface area contributed by atoms with Crippen LogP contribution in [0.2, 0.25) is 0 Å². The molecule has 1 amide bonds. The van der Waals surface area contributed by atoms with E-state index in [0.29, 0.717) is 5.56 Å². The van der Waals surface area contributed by atoms with E-state index in [1.807, 2.05) is 43.3 Å². The number of aromatic nitrogens is 1. The van der Waals surface area contributed by atoms with Gasteiger partial charge in [-0.2, -0.15) is 0 Å². The quantitative estimate of drug-likeness (QED) is 0.747. The molecule has 0 bridgehead atoms. The number of methoxy groups -OCH3 is 1. The minimum Gasteiger partial charge on any atom is -0.469 e. The molecule has 0 fully saturated rings. The highest BCUT2D eigenvalue weighted by Gasteiger charge is 2.20. The van der Waals surface area contributed by atoms with E-state index in [-0.39, 0.29) is 12.3 Å². The summed E-state index contributed by atoms with van der Waals surface area (Å²) >= 11 is 3.37. The molecule has 0 radical (unpaired) electrons. The number of esters is 1. The molecule has 2 rings (SSSR count). The molecule has 0 saturated carbocycles. The molecule has 0 spiro atoms. The number of amides is 1. The number of benzene rings is 1. The number of rotatable bonds is 6. The number of pyridine rings is 1. The number of ether oxygens (including phenoxy) is 1. The lowest BCUT2D eigenvalue weighted by atomic mass is 10.0. The SMILES string of the molecule is COC(=O)CC(NC(=O)c1ccc(N(C)C)nc1)c1ccc(Br)cc1. The summed E-state index contributed by atoms with van der Waals surface area (Å²) in [7, 11) is 5.08. The highest BCUT2D eigenvalue weighted by atomic mass is 79.9. The van der Waals surface area contributed by atoms with Crippen molar-refractivity contribution >= 4 is 33.6 Å². The van der Waals surface area contributed by atoms with Crippen molar-refractivity contribution < 1.29 is 14.3 Å². The molecule has 1 aromatic carbocycles. The first-order valence-corrected chi connectivity index (χ1v) is 8.46. The normalized spacial score (nSPS) is 11.5. The Labute approximate surface area is 155 Å². The maximum Gasteiger partial charge on any atom is 0.307 e. The zero-order chi connectivity index (χ0) is 18.4. The summed E-state index contributed by atoms with van der Waals surface area (Å²) in [5.41, 5.74) is 1.25. The third-order valence-electron chi connectivity index (χ3n) is 3.64. The number of carbonyl (C=O) groups excluding carboxylic acids is 2. The lowest BCUT2D eigenvalue weighted by molar-refractivity contribution is -0.141. The fourth-order valence-electron chi connectivity index (χ4n) is 2.22. The number of nitrogens with one attached hydrogen (secondary N) is 1. The molecule has 0 aliphatic rings. The largest absolute Gasteiger partial charge is 0.469 e. The van der Waals surface area contributed by atoms with Gasteiger partial charge >= 0.3 is 5.97 Å². The fraction of sp³-hybridized carbons (Fsp3) is 0.278. The Morgan fingerprint density at radius 1 is 1.20 bits per heavy atom. The van der Waals surface area contributed by atoms with Gasteiger partial charge in [-0.05, 0) is 29.8 Å². The number of halogens is 1.